The zero-order chi connectivity index (χ0) is 15.1. The fraction of sp³-hybridized carbons (Fsp3) is 0.357. The van der Waals surface area contributed by atoms with Gasteiger partial charge < -0.3 is 10.5 Å². The molecule has 0 aromatic carbocycles. The average molecular weight is 276 g/mol. The van der Waals surface area contributed by atoms with Crippen LogP contribution in [-0.4, -0.2) is 41.4 Å². The highest BCUT2D eigenvalue weighted by Gasteiger charge is 2.55. The number of nitrogens with two attached hydrogens (primary N) is 1. The van der Waals surface area contributed by atoms with Crippen molar-refractivity contribution in [2.45, 2.75) is 24.5 Å². The number of hydrogen-bond donors (Lipinski definition) is 1. The van der Waals surface area contributed by atoms with E-state index >= 15 is 0 Å². The number of carbonyl (C=O) groups is 3. The Morgan fingerprint density at radius 3 is 2.05 bits per heavy atom. The second-order valence-electron chi connectivity index (χ2n) is 4.84. The summed E-state index contributed by atoms with van der Waals surface area (Å²) in [7, 11) is 1.39. The van der Waals surface area contributed by atoms with Gasteiger partial charge in [-0.1, -0.05) is 25.3 Å². The third-order valence-electron chi connectivity index (χ3n) is 3.93. The summed E-state index contributed by atoms with van der Waals surface area (Å²) in [5.41, 5.74) is 4.67. The van der Waals surface area contributed by atoms with Crippen molar-refractivity contribution in [3.63, 3.8) is 0 Å². The molecule has 6 nitrogen and oxygen atoms in total. The monoisotopic (exact) mass is 276 g/mol. The second kappa shape index (κ2) is 4.72. The Bertz CT molecular complexity index is 526. The smallest absolute Gasteiger partial charge is 0.261 e. The minimum absolute atomic E-state index is 0.213. The molecule has 1 aliphatic heterocycles. The lowest BCUT2D eigenvalue weighted by atomic mass is 9.74. The van der Waals surface area contributed by atoms with Gasteiger partial charge in [0.05, 0.1) is 11.1 Å². The second-order valence-corrected chi connectivity index (χ2v) is 4.84. The number of methoxy groups -OCH3 is 1. The first kappa shape index (κ1) is 14.2. The Kier molecular flexibility index (Phi) is 3.35. The number of hydrogen-bond acceptors (Lipinski definition) is 4. The molecule has 0 bridgehead atoms. The average Bonchev–Trinajstić information content (AvgIpc) is 2.60. The molecule has 20 heavy (non-hydrogen) atoms. The van der Waals surface area contributed by atoms with Gasteiger partial charge >= 0.3 is 0 Å². The van der Waals surface area contributed by atoms with Gasteiger partial charge in [-0.3, -0.25) is 19.3 Å². The first-order valence-corrected chi connectivity index (χ1v) is 6.14. The van der Waals surface area contributed by atoms with Crippen molar-refractivity contribution in [3.05, 3.63) is 36.5 Å². The molecule has 0 radical (unpaired) electrons. The molecule has 1 aliphatic carbocycles. The number of amides is 3. The van der Waals surface area contributed by atoms with Crippen molar-refractivity contribution in [1.29, 1.82) is 0 Å². The summed E-state index contributed by atoms with van der Waals surface area (Å²) in [6, 6.07) is -0.394. The van der Waals surface area contributed by atoms with Crippen molar-refractivity contribution in [2.24, 2.45) is 5.73 Å². The molecule has 6 heteroatoms. The molecule has 1 fully saturated rings. The van der Waals surface area contributed by atoms with Crippen molar-refractivity contribution in [2.75, 3.05) is 7.11 Å². The van der Waals surface area contributed by atoms with Crippen LogP contribution in [0.5, 0.6) is 0 Å². The van der Waals surface area contributed by atoms with Crippen LogP contribution in [0, 0.1) is 0 Å². The van der Waals surface area contributed by atoms with Gasteiger partial charge in [-0.2, -0.15) is 0 Å². The highest BCUT2D eigenvalue weighted by Crippen LogP contribution is 2.41. The predicted octanol–water partition coefficient (Wildman–Crippen LogP) is 0.0567. The maximum atomic E-state index is 12.2. The summed E-state index contributed by atoms with van der Waals surface area (Å²) in [5.74, 6) is -1.42. The van der Waals surface area contributed by atoms with Crippen LogP contribution in [-0.2, 0) is 19.1 Å². The van der Waals surface area contributed by atoms with Crippen molar-refractivity contribution in [3.8, 4) is 0 Å². The van der Waals surface area contributed by atoms with Crippen LogP contribution in [0.3, 0.4) is 0 Å². The van der Waals surface area contributed by atoms with Crippen LogP contribution in [0.25, 0.3) is 0 Å². The summed E-state index contributed by atoms with van der Waals surface area (Å²) in [6.45, 7) is 7.06. The molecule has 106 valence electrons. The van der Waals surface area contributed by atoms with Gasteiger partial charge in [0.2, 0.25) is 5.91 Å². The Balaban J connectivity index is 2.21. The first-order chi connectivity index (χ1) is 9.41. The van der Waals surface area contributed by atoms with Gasteiger partial charge in [0, 0.05) is 26.0 Å². The molecule has 1 heterocycles. The summed E-state index contributed by atoms with van der Waals surface area (Å²) in [6.07, 6.45) is 3.11. The molecule has 3 amide bonds. The van der Waals surface area contributed by atoms with Crippen molar-refractivity contribution < 1.29 is 19.1 Å². The van der Waals surface area contributed by atoms with Crippen LogP contribution in [0.4, 0.5) is 0 Å². The summed E-state index contributed by atoms with van der Waals surface area (Å²) in [5, 5.41) is 0. The molecule has 0 unspecified atom stereocenters. The number of nitrogens with zero attached hydrogens (tertiary/aromatic N) is 1. The third-order valence-corrected chi connectivity index (χ3v) is 3.93. The molecular formula is C14H16N2O4. The van der Waals surface area contributed by atoms with E-state index in [0.29, 0.717) is 0 Å². The van der Waals surface area contributed by atoms with E-state index in [0.717, 1.165) is 4.90 Å². The molecule has 0 spiro atoms. The Hall–Kier alpha value is -2.21. The van der Waals surface area contributed by atoms with E-state index in [1.165, 1.54) is 19.3 Å². The van der Waals surface area contributed by atoms with E-state index in [1.807, 2.05) is 0 Å². The lowest BCUT2D eigenvalue weighted by molar-refractivity contribution is -0.168. The van der Waals surface area contributed by atoms with E-state index < -0.39 is 29.4 Å². The van der Waals surface area contributed by atoms with E-state index in [4.69, 9.17) is 10.5 Å². The van der Waals surface area contributed by atoms with Crippen molar-refractivity contribution in [1.82, 2.24) is 4.90 Å². The minimum Gasteiger partial charge on any atom is -0.368 e. The third kappa shape index (κ3) is 1.72. The highest BCUT2D eigenvalue weighted by molar-refractivity contribution is 6.22. The normalized spacial score (nSPS) is 29.4. The topological polar surface area (TPSA) is 89.7 Å². The van der Waals surface area contributed by atoms with E-state index in [9.17, 15) is 14.4 Å². The molecule has 0 atom stereocenters. The number of carbonyl (C=O) groups excluding carboxylic acids is 3. The fourth-order valence-corrected chi connectivity index (χ4v) is 2.66. The molecule has 1 saturated carbocycles. The summed E-state index contributed by atoms with van der Waals surface area (Å²) < 4.78 is 5.12. The van der Waals surface area contributed by atoms with Gasteiger partial charge in [-0.05, 0) is 0 Å². The molecule has 2 N–H and O–H groups in total. The van der Waals surface area contributed by atoms with Gasteiger partial charge in [-0.25, -0.2) is 0 Å². The van der Waals surface area contributed by atoms with Crippen LogP contribution in [0.2, 0.25) is 0 Å². The lowest BCUT2D eigenvalue weighted by Gasteiger charge is -2.46. The number of primary amides is 1. The lowest BCUT2D eigenvalue weighted by Crippen LogP contribution is -2.63. The molecule has 2 aliphatic rings. The van der Waals surface area contributed by atoms with Gasteiger partial charge in [0.25, 0.3) is 11.8 Å². The van der Waals surface area contributed by atoms with Crippen molar-refractivity contribution >= 4 is 17.7 Å². The molecule has 0 aromatic rings. The minimum atomic E-state index is -1.09. The molecule has 2 rings (SSSR count). The predicted molar refractivity (Wildman–Crippen MR) is 71.2 cm³/mol. The quantitative estimate of drug-likeness (QED) is 0.719. The van der Waals surface area contributed by atoms with Gasteiger partial charge in [-0.15, -0.1) is 0 Å². The molecule has 0 saturated heterocycles. The maximum absolute atomic E-state index is 12.2. The first-order valence-electron chi connectivity index (χ1n) is 6.14. The Labute approximate surface area is 116 Å². The summed E-state index contributed by atoms with van der Waals surface area (Å²) >= 11 is 0. The highest BCUT2D eigenvalue weighted by atomic mass is 16.5. The van der Waals surface area contributed by atoms with Crippen LogP contribution >= 0.6 is 0 Å². The number of rotatable bonds is 5. The standard InChI is InChI=1S/C14H16N2O4/c1-4-9-10(5-2)12(18)16(11(9)17)8-6-14(7-8,20-3)13(15)19/h4-5,8H,1-2,6-7H2,3H3,(H2,15,19). The SMILES string of the molecule is C=CC1=C(C=C)C(=O)N(C2CC(OC)(C(N)=O)C2)C1=O. The van der Waals surface area contributed by atoms with E-state index in [2.05, 4.69) is 13.2 Å². The van der Waals surface area contributed by atoms with Crippen LogP contribution in [0.15, 0.2) is 36.5 Å². The van der Waals surface area contributed by atoms with Crippen LogP contribution < -0.4 is 5.73 Å². The van der Waals surface area contributed by atoms with E-state index in [-0.39, 0.29) is 24.0 Å². The zero-order valence-electron chi connectivity index (χ0n) is 11.2. The molecule has 0 aromatic heterocycles. The Morgan fingerprint density at radius 2 is 1.75 bits per heavy atom. The number of ether oxygens (including phenoxy) is 1. The maximum Gasteiger partial charge on any atom is 0.261 e. The van der Waals surface area contributed by atoms with Crippen LogP contribution in [0.1, 0.15) is 12.8 Å². The van der Waals surface area contributed by atoms with Gasteiger partial charge in [0.1, 0.15) is 5.60 Å². The Morgan fingerprint density at radius 1 is 1.30 bits per heavy atom. The summed E-state index contributed by atoms with van der Waals surface area (Å²) in [4.78, 5) is 36.9. The number of imide groups is 1. The fourth-order valence-electron chi connectivity index (χ4n) is 2.66. The molecular weight excluding hydrogens is 260 g/mol. The van der Waals surface area contributed by atoms with E-state index in [1.54, 1.807) is 0 Å². The largest absolute Gasteiger partial charge is 0.368 e. The van der Waals surface area contributed by atoms with Gasteiger partial charge in [0.15, 0.2) is 0 Å². The zero-order valence-corrected chi connectivity index (χ0v) is 11.2.